The molecule has 0 radical (unpaired) electrons. The maximum Gasteiger partial charge on any atom is 0.192 e. The van der Waals surface area contributed by atoms with Crippen molar-refractivity contribution in [2.24, 2.45) is 0 Å². The third kappa shape index (κ3) is 2.79. The Morgan fingerprint density at radius 1 is 1.29 bits per heavy atom. The van der Waals surface area contributed by atoms with E-state index >= 15 is 0 Å². The molecule has 1 saturated heterocycles. The minimum absolute atomic E-state index is 0.228. The van der Waals surface area contributed by atoms with E-state index in [9.17, 15) is 0 Å². The second kappa shape index (κ2) is 3.93. The second-order valence-electron chi connectivity index (χ2n) is 5.63. The Labute approximate surface area is 88.0 Å². The fourth-order valence-electron chi connectivity index (χ4n) is 1.08. The Hall–Kier alpha value is 0.0969. The van der Waals surface area contributed by atoms with Gasteiger partial charge in [-0.25, -0.2) is 0 Å². The highest BCUT2D eigenvalue weighted by atomic mass is 28.4. The second-order valence-corrected chi connectivity index (χ2v) is 10.4. The molecule has 0 amide bonds. The van der Waals surface area contributed by atoms with Gasteiger partial charge in [-0.05, 0) is 18.1 Å². The molecule has 1 fully saturated rings. The van der Waals surface area contributed by atoms with Crippen LogP contribution >= 0.6 is 0 Å². The van der Waals surface area contributed by atoms with E-state index in [4.69, 9.17) is 9.53 Å². The van der Waals surface area contributed by atoms with Crippen LogP contribution in [0.1, 0.15) is 20.8 Å². The number of rotatable bonds is 4. The van der Waals surface area contributed by atoms with Gasteiger partial charge >= 0.3 is 0 Å². The molecule has 1 rings (SSSR count). The van der Waals surface area contributed by atoms with Crippen LogP contribution in [0.15, 0.2) is 0 Å². The summed E-state index contributed by atoms with van der Waals surface area (Å²) in [5.74, 6) is 0. The van der Waals surface area contributed by atoms with Crippen molar-refractivity contribution in [3.63, 3.8) is 0 Å². The molecule has 1 aliphatic rings. The van der Waals surface area contributed by atoms with Gasteiger partial charge in [-0.3, -0.25) is 0 Å². The van der Waals surface area contributed by atoms with Gasteiger partial charge in [-0.15, -0.1) is 0 Å². The average Bonchev–Trinajstić information content (AvgIpc) is 2.77. The maximum atomic E-state index is 8.86. The lowest BCUT2D eigenvalue weighted by Crippen LogP contribution is -2.42. The Kier molecular flexibility index (Phi) is 3.41. The summed E-state index contributed by atoms with van der Waals surface area (Å²) < 4.78 is 6.02. The Morgan fingerprint density at radius 3 is 2.21 bits per heavy atom. The van der Waals surface area contributed by atoms with E-state index in [1.165, 1.54) is 0 Å². The average molecular weight is 217 g/mol. The van der Waals surface area contributed by atoms with Crippen molar-refractivity contribution in [3.05, 3.63) is 0 Å². The van der Waals surface area contributed by atoms with E-state index in [-0.39, 0.29) is 17.7 Å². The molecule has 1 heterocycles. The standard InChI is InChI=1S/C10H23NO2Si/c1-10(2,3)14(4,5)13-7-9-8(6-12)11-9/h8-9,11-12H,6-7H2,1-5H3/t8-,9+/m0/s1. The highest BCUT2D eigenvalue weighted by Crippen LogP contribution is 2.36. The third-order valence-corrected chi connectivity index (χ3v) is 7.93. The predicted molar refractivity (Wildman–Crippen MR) is 60.9 cm³/mol. The van der Waals surface area contributed by atoms with Crippen LogP contribution in [0.3, 0.4) is 0 Å². The van der Waals surface area contributed by atoms with Crippen molar-refractivity contribution < 1.29 is 9.53 Å². The van der Waals surface area contributed by atoms with Gasteiger partial charge in [0.15, 0.2) is 8.32 Å². The van der Waals surface area contributed by atoms with Gasteiger partial charge in [0.25, 0.3) is 0 Å². The molecule has 0 saturated carbocycles. The van der Waals surface area contributed by atoms with E-state index in [2.05, 4.69) is 39.2 Å². The van der Waals surface area contributed by atoms with Crippen molar-refractivity contribution in [2.45, 2.75) is 51.0 Å². The largest absolute Gasteiger partial charge is 0.415 e. The van der Waals surface area contributed by atoms with Crippen LogP contribution < -0.4 is 5.32 Å². The lowest BCUT2D eigenvalue weighted by atomic mass is 10.2. The molecular weight excluding hydrogens is 194 g/mol. The highest BCUT2D eigenvalue weighted by Gasteiger charge is 2.41. The Bertz CT molecular complexity index is 201. The molecule has 0 spiro atoms. The van der Waals surface area contributed by atoms with E-state index in [0.717, 1.165) is 6.61 Å². The molecule has 0 unspecified atom stereocenters. The number of nitrogens with one attached hydrogen (secondary N) is 1. The summed E-state index contributed by atoms with van der Waals surface area (Å²) in [6.45, 7) is 12.2. The van der Waals surface area contributed by atoms with Crippen molar-refractivity contribution in [2.75, 3.05) is 13.2 Å². The van der Waals surface area contributed by atoms with Crippen molar-refractivity contribution in [3.8, 4) is 0 Å². The fraction of sp³-hybridized carbons (Fsp3) is 1.00. The van der Waals surface area contributed by atoms with Gasteiger partial charge < -0.3 is 14.8 Å². The number of aliphatic hydroxyl groups is 1. The van der Waals surface area contributed by atoms with Crippen LogP contribution in [0.25, 0.3) is 0 Å². The van der Waals surface area contributed by atoms with Crippen molar-refractivity contribution >= 4 is 8.32 Å². The third-order valence-electron chi connectivity index (χ3n) is 3.43. The zero-order valence-electron chi connectivity index (χ0n) is 9.92. The van der Waals surface area contributed by atoms with Crippen LogP contribution in [-0.4, -0.2) is 38.7 Å². The first-order valence-corrected chi connectivity index (χ1v) is 8.19. The Balaban J connectivity index is 2.31. The van der Waals surface area contributed by atoms with Gasteiger partial charge in [-0.1, -0.05) is 20.8 Å². The van der Waals surface area contributed by atoms with Gasteiger partial charge in [0.2, 0.25) is 0 Å². The van der Waals surface area contributed by atoms with E-state index in [1.54, 1.807) is 0 Å². The summed E-state index contributed by atoms with van der Waals surface area (Å²) in [6.07, 6.45) is 0. The zero-order chi connectivity index (χ0) is 11.0. The molecule has 3 nitrogen and oxygen atoms in total. The van der Waals surface area contributed by atoms with Crippen molar-refractivity contribution in [1.82, 2.24) is 5.32 Å². The first kappa shape index (κ1) is 12.2. The van der Waals surface area contributed by atoms with Gasteiger partial charge in [0.05, 0.1) is 13.2 Å². The predicted octanol–water partition coefficient (Wildman–Crippen LogP) is 1.34. The zero-order valence-corrected chi connectivity index (χ0v) is 10.9. The smallest absolute Gasteiger partial charge is 0.192 e. The monoisotopic (exact) mass is 217 g/mol. The van der Waals surface area contributed by atoms with Crippen LogP contribution in [0.5, 0.6) is 0 Å². The molecule has 14 heavy (non-hydrogen) atoms. The van der Waals surface area contributed by atoms with Gasteiger partial charge in [-0.2, -0.15) is 0 Å². The molecule has 84 valence electrons. The van der Waals surface area contributed by atoms with E-state index in [1.807, 2.05) is 0 Å². The fourth-order valence-corrected chi connectivity index (χ4v) is 2.11. The van der Waals surface area contributed by atoms with E-state index < -0.39 is 8.32 Å². The van der Waals surface area contributed by atoms with Gasteiger partial charge in [0, 0.05) is 12.1 Å². The molecule has 2 atom stereocenters. The van der Waals surface area contributed by atoms with Crippen LogP contribution in [-0.2, 0) is 4.43 Å². The molecule has 4 heteroatoms. The number of hydrogen-bond donors (Lipinski definition) is 2. The molecule has 1 aliphatic heterocycles. The first-order chi connectivity index (χ1) is 6.28. The molecular formula is C10H23NO2Si. The lowest BCUT2D eigenvalue weighted by molar-refractivity contribution is 0.267. The Morgan fingerprint density at radius 2 is 1.86 bits per heavy atom. The van der Waals surface area contributed by atoms with Crippen LogP contribution in [0.2, 0.25) is 18.1 Å². The number of aliphatic hydroxyl groups excluding tert-OH is 1. The molecule has 0 bridgehead atoms. The normalized spacial score (nSPS) is 27.9. The summed E-state index contributed by atoms with van der Waals surface area (Å²) in [4.78, 5) is 0. The minimum Gasteiger partial charge on any atom is -0.415 e. The maximum absolute atomic E-state index is 8.86. The lowest BCUT2D eigenvalue weighted by Gasteiger charge is -2.36. The molecule has 0 aromatic rings. The topological polar surface area (TPSA) is 51.4 Å². The molecule has 0 aliphatic carbocycles. The van der Waals surface area contributed by atoms with Crippen LogP contribution in [0.4, 0.5) is 0 Å². The summed E-state index contributed by atoms with van der Waals surface area (Å²) in [5.41, 5.74) is 0. The van der Waals surface area contributed by atoms with Crippen molar-refractivity contribution in [1.29, 1.82) is 0 Å². The summed E-state index contributed by atoms with van der Waals surface area (Å²) in [6, 6.07) is 0.661. The summed E-state index contributed by atoms with van der Waals surface area (Å²) in [7, 11) is -1.59. The first-order valence-electron chi connectivity index (χ1n) is 5.29. The SMILES string of the molecule is CC(C)(C)[Si](C)(C)OC[C@H]1N[C@H]1CO. The quantitative estimate of drug-likeness (QED) is 0.552. The highest BCUT2D eigenvalue weighted by molar-refractivity contribution is 6.74. The summed E-state index contributed by atoms with van der Waals surface area (Å²) >= 11 is 0. The molecule has 2 N–H and O–H groups in total. The number of hydrogen-bond acceptors (Lipinski definition) is 3. The van der Waals surface area contributed by atoms with Crippen LogP contribution in [0, 0.1) is 0 Å². The van der Waals surface area contributed by atoms with Gasteiger partial charge in [0.1, 0.15) is 0 Å². The molecule has 0 aromatic carbocycles. The summed E-state index contributed by atoms with van der Waals surface area (Å²) in [5, 5.41) is 12.3. The minimum atomic E-state index is -1.59. The molecule has 0 aromatic heterocycles. The van der Waals surface area contributed by atoms with E-state index in [0.29, 0.717) is 6.04 Å².